The molecule has 0 amide bonds. The molecule has 1 fully saturated rings. The van der Waals surface area contributed by atoms with Crippen LogP contribution >= 0.6 is 0 Å². The molecule has 10 heavy (non-hydrogen) atoms. The molecule has 0 aromatic rings. The van der Waals surface area contributed by atoms with Gasteiger partial charge in [-0.05, 0) is 17.3 Å². The third kappa shape index (κ3) is 1.06. The molecule has 0 atom stereocenters. The molecule has 0 aromatic heterocycles. The van der Waals surface area contributed by atoms with Crippen molar-refractivity contribution in [2.45, 2.75) is 24.9 Å². The lowest BCUT2D eigenvalue weighted by molar-refractivity contribution is 0.935. The minimum absolute atomic E-state index is 0.0468. The molecule has 0 aromatic carbocycles. The Hall–Kier alpha value is -0.433. The molecule has 0 N–H and O–H groups in total. The second-order valence-electron chi connectivity index (χ2n) is 2.98. The van der Waals surface area contributed by atoms with Gasteiger partial charge in [0.25, 0.3) is 0 Å². The molecule has 1 aliphatic carbocycles. The smallest absolute Gasteiger partial charge is 0.0193 e. The summed E-state index contributed by atoms with van der Waals surface area (Å²) in [6, 6.07) is 3.04. The standard InChI is InChI=1S/C9H12Si/c1-2-6-9(5-1)10-7-3-4-8-10/h1-2,5-6H,3-4,7-8H2. The summed E-state index contributed by atoms with van der Waals surface area (Å²) in [5, 5.41) is 1.67. The highest BCUT2D eigenvalue weighted by atomic mass is 28.2. The minimum Gasteiger partial charge on any atom is -0.0621 e. The average Bonchev–Trinajstić information content (AvgIpc) is 2.59. The van der Waals surface area contributed by atoms with Crippen molar-refractivity contribution < 1.29 is 0 Å². The molecule has 1 heteroatoms. The molecule has 2 rings (SSSR count). The molecule has 0 radical (unpaired) electrons. The van der Waals surface area contributed by atoms with Crippen LogP contribution in [0, 0.1) is 0 Å². The number of rotatable bonds is 0. The first kappa shape index (κ1) is 6.29. The van der Waals surface area contributed by atoms with Crippen LogP contribution in [0.1, 0.15) is 12.8 Å². The predicted octanol–water partition coefficient (Wildman–Crippen LogP) is 2.16. The van der Waals surface area contributed by atoms with Crippen LogP contribution in [0.3, 0.4) is 0 Å². The molecule has 1 saturated heterocycles. The first-order chi connectivity index (χ1) is 4.97. The van der Waals surface area contributed by atoms with Gasteiger partial charge in [-0.3, -0.25) is 0 Å². The normalized spacial score (nSPS) is 23.2. The summed E-state index contributed by atoms with van der Waals surface area (Å²) in [6.45, 7) is 0. The van der Waals surface area contributed by atoms with Gasteiger partial charge in [-0.1, -0.05) is 37.1 Å². The molecular weight excluding hydrogens is 136 g/mol. The van der Waals surface area contributed by atoms with Crippen molar-refractivity contribution in [3.05, 3.63) is 24.3 Å². The predicted molar refractivity (Wildman–Crippen MR) is 47.9 cm³/mol. The highest BCUT2D eigenvalue weighted by Gasteiger charge is 2.10. The van der Waals surface area contributed by atoms with Crippen LogP contribution in [-0.2, 0) is 0 Å². The topological polar surface area (TPSA) is 0 Å². The van der Waals surface area contributed by atoms with Crippen LogP contribution in [-0.4, -0.2) is 13.6 Å². The lowest BCUT2D eigenvalue weighted by Crippen LogP contribution is -2.04. The van der Waals surface area contributed by atoms with Gasteiger partial charge in [0.2, 0.25) is 0 Å². The molecular formula is C9H12Si. The van der Waals surface area contributed by atoms with Crippen molar-refractivity contribution >= 4 is 13.6 Å². The quantitative estimate of drug-likeness (QED) is 0.462. The zero-order valence-electron chi connectivity index (χ0n) is 6.14. The van der Waals surface area contributed by atoms with Crippen LogP contribution in [0.2, 0.25) is 12.1 Å². The summed E-state index contributed by atoms with van der Waals surface area (Å²) in [6.07, 6.45) is 11.9. The summed E-state index contributed by atoms with van der Waals surface area (Å²) in [5.74, 6) is 0. The lowest BCUT2D eigenvalue weighted by atomic mass is 10.4. The molecule has 0 unspecified atom stereocenters. The van der Waals surface area contributed by atoms with Crippen LogP contribution in [0.25, 0.3) is 0 Å². The first-order valence-electron chi connectivity index (χ1n) is 4.03. The van der Waals surface area contributed by atoms with Crippen molar-refractivity contribution in [1.29, 1.82) is 0 Å². The van der Waals surface area contributed by atoms with Gasteiger partial charge in [0.05, 0.1) is 0 Å². The van der Waals surface area contributed by atoms with Gasteiger partial charge in [0, 0.05) is 8.41 Å². The van der Waals surface area contributed by atoms with Gasteiger partial charge in [-0.15, -0.1) is 0 Å². The maximum atomic E-state index is 2.31. The van der Waals surface area contributed by atoms with E-state index in [1.165, 1.54) is 24.9 Å². The lowest BCUT2D eigenvalue weighted by Gasteiger charge is -1.95. The molecule has 0 bridgehead atoms. The Balaban J connectivity index is 2.26. The van der Waals surface area contributed by atoms with E-state index in [1.807, 2.05) is 0 Å². The van der Waals surface area contributed by atoms with E-state index in [0.717, 1.165) is 0 Å². The maximum Gasteiger partial charge on any atom is 0.0193 e. The van der Waals surface area contributed by atoms with Gasteiger partial charge in [0.15, 0.2) is 0 Å². The average molecular weight is 148 g/mol. The fourth-order valence-electron chi connectivity index (χ4n) is 1.70. The van der Waals surface area contributed by atoms with Crippen LogP contribution in [0.15, 0.2) is 24.3 Å². The zero-order chi connectivity index (χ0) is 6.81. The second-order valence-corrected chi connectivity index (χ2v) is 5.77. The van der Waals surface area contributed by atoms with Crippen molar-refractivity contribution in [2.24, 2.45) is 0 Å². The molecule has 0 nitrogen and oxygen atoms in total. The highest BCUT2D eigenvalue weighted by Crippen LogP contribution is 2.16. The van der Waals surface area contributed by atoms with Gasteiger partial charge in [-0.2, -0.15) is 0 Å². The van der Waals surface area contributed by atoms with E-state index >= 15 is 0 Å². The van der Waals surface area contributed by atoms with Crippen LogP contribution in [0.4, 0.5) is 0 Å². The Bertz CT molecular complexity index is 199. The monoisotopic (exact) mass is 148 g/mol. The van der Waals surface area contributed by atoms with Crippen molar-refractivity contribution in [1.82, 2.24) is 0 Å². The third-order valence-corrected chi connectivity index (χ3v) is 5.34. The van der Waals surface area contributed by atoms with Gasteiger partial charge >= 0.3 is 0 Å². The summed E-state index contributed by atoms with van der Waals surface area (Å²) >= 11 is 0. The zero-order valence-corrected chi connectivity index (χ0v) is 7.14. The largest absolute Gasteiger partial charge is 0.0621 e. The Morgan fingerprint density at radius 1 is 1.00 bits per heavy atom. The number of hydrogen-bond acceptors (Lipinski definition) is 0. The van der Waals surface area contributed by atoms with Gasteiger partial charge in [-0.25, -0.2) is 0 Å². The second kappa shape index (κ2) is 2.66. The number of allylic oxidation sites excluding steroid dienone is 4. The maximum absolute atomic E-state index is 2.31. The summed E-state index contributed by atoms with van der Waals surface area (Å²) in [5.41, 5.74) is 0. The van der Waals surface area contributed by atoms with Crippen LogP contribution in [0.5, 0.6) is 0 Å². The highest BCUT2D eigenvalue weighted by molar-refractivity contribution is 6.75. The van der Waals surface area contributed by atoms with E-state index in [0.29, 0.717) is 0 Å². The molecule has 0 spiro atoms. The Labute approximate surface area is 63.5 Å². The van der Waals surface area contributed by atoms with Crippen molar-refractivity contribution in [2.75, 3.05) is 0 Å². The van der Waals surface area contributed by atoms with E-state index < -0.39 is 0 Å². The van der Waals surface area contributed by atoms with E-state index in [1.54, 1.807) is 5.17 Å². The van der Waals surface area contributed by atoms with Crippen molar-refractivity contribution in [3.8, 4) is 0 Å². The first-order valence-corrected chi connectivity index (χ1v) is 5.95. The summed E-state index contributed by atoms with van der Waals surface area (Å²) < 4.78 is 0. The van der Waals surface area contributed by atoms with E-state index in [-0.39, 0.29) is 8.41 Å². The fourth-order valence-corrected chi connectivity index (χ4v) is 4.54. The van der Waals surface area contributed by atoms with Crippen molar-refractivity contribution in [3.63, 3.8) is 0 Å². The Morgan fingerprint density at radius 2 is 1.60 bits per heavy atom. The molecule has 1 aliphatic heterocycles. The van der Waals surface area contributed by atoms with E-state index in [9.17, 15) is 0 Å². The summed E-state index contributed by atoms with van der Waals surface area (Å²) in [7, 11) is -0.0468. The fraction of sp³-hybridized carbons (Fsp3) is 0.444. The summed E-state index contributed by atoms with van der Waals surface area (Å²) in [4.78, 5) is 0. The number of hydrogen-bond donors (Lipinski definition) is 0. The Morgan fingerprint density at radius 3 is 2.20 bits per heavy atom. The molecule has 1 heterocycles. The minimum atomic E-state index is -0.0468. The van der Waals surface area contributed by atoms with Gasteiger partial charge in [0.1, 0.15) is 0 Å². The van der Waals surface area contributed by atoms with Gasteiger partial charge < -0.3 is 0 Å². The SMILES string of the molecule is C1=CC(=[Si]2CCCC2)C=C1. The van der Waals surface area contributed by atoms with Crippen LogP contribution < -0.4 is 0 Å². The van der Waals surface area contributed by atoms with E-state index in [4.69, 9.17) is 0 Å². The third-order valence-electron chi connectivity index (χ3n) is 2.28. The Kier molecular flexibility index (Phi) is 1.68. The molecule has 2 aliphatic rings. The molecule has 52 valence electrons. The molecule has 0 saturated carbocycles. The van der Waals surface area contributed by atoms with E-state index in [2.05, 4.69) is 24.3 Å².